The van der Waals surface area contributed by atoms with Gasteiger partial charge in [-0.15, -0.1) is 0 Å². The van der Waals surface area contributed by atoms with Crippen molar-refractivity contribution in [2.75, 3.05) is 19.6 Å². The zero-order chi connectivity index (χ0) is 23.7. The van der Waals surface area contributed by atoms with Gasteiger partial charge in [0.25, 0.3) is 0 Å². The number of amides is 2. The monoisotopic (exact) mass is 454 g/mol. The maximum atomic E-state index is 13.0. The Morgan fingerprint density at radius 2 is 1.82 bits per heavy atom. The highest BCUT2D eigenvalue weighted by Crippen LogP contribution is 2.38. The number of nitrogens with zero attached hydrogens (tertiary/aromatic N) is 3. The van der Waals surface area contributed by atoms with E-state index in [-0.39, 0.29) is 12.1 Å². The molecule has 1 atom stereocenters. The van der Waals surface area contributed by atoms with E-state index < -0.39 is 0 Å². The highest BCUT2D eigenvalue weighted by Gasteiger charge is 2.31. The number of carbonyl (C=O) groups excluding carboxylic acids is 1. The highest BCUT2D eigenvalue weighted by molar-refractivity contribution is 6.04. The fourth-order valence-electron chi connectivity index (χ4n) is 4.63. The molecule has 0 bridgehead atoms. The lowest BCUT2D eigenvalue weighted by atomic mass is 10.1. The third-order valence-electron chi connectivity index (χ3n) is 6.40. The van der Waals surface area contributed by atoms with E-state index in [0.29, 0.717) is 26.2 Å². The first-order valence-electron chi connectivity index (χ1n) is 11.8. The third-order valence-corrected chi connectivity index (χ3v) is 6.40. The Morgan fingerprint density at radius 1 is 1.00 bits per heavy atom. The number of fused-ring (bicyclic) bond motifs is 2. The van der Waals surface area contributed by atoms with Crippen molar-refractivity contribution in [1.29, 1.82) is 0 Å². The van der Waals surface area contributed by atoms with E-state index in [1.807, 2.05) is 47.4 Å². The fourth-order valence-corrected chi connectivity index (χ4v) is 4.63. The summed E-state index contributed by atoms with van der Waals surface area (Å²) in [5, 5.41) is 3.09. The second-order valence-electron chi connectivity index (χ2n) is 9.14. The maximum Gasteiger partial charge on any atom is 0.318 e. The van der Waals surface area contributed by atoms with Crippen molar-refractivity contribution in [3.63, 3.8) is 0 Å². The highest BCUT2D eigenvalue weighted by atomic mass is 16.5. The number of benzene rings is 3. The first-order chi connectivity index (χ1) is 16.5. The van der Waals surface area contributed by atoms with Crippen molar-refractivity contribution in [2.24, 2.45) is 4.99 Å². The van der Waals surface area contributed by atoms with Crippen LogP contribution in [0.2, 0.25) is 0 Å². The van der Waals surface area contributed by atoms with Gasteiger partial charge in [-0.05, 0) is 50.6 Å². The predicted molar refractivity (Wildman–Crippen MR) is 135 cm³/mol. The number of hydrogen-bond acceptors (Lipinski definition) is 4. The van der Waals surface area contributed by atoms with Gasteiger partial charge in [0.2, 0.25) is 0 Å². The quantitative estimate of drug-likeness (QED) is 0.564. The minimum Gasteiger partial charge on any atom is -0.454 e. The number of rotatable bonds is 2. The molecular weight excluding hydrogens is 424 g/mol. The SMILES string of the molecule is Cc1cccc(CNC(=O)N2CCN(C3=Nc4ccccc4Oc4ccc(C)cc43)CC2C)c1. The molecule has 0 spiro atoms. The van der Waals surface area contributed by atoms with E-state index in [1.54, 1.807) is 0 Å². The molecule has 6 heteroatoms. The normalized spacial score (nSPS) is 17.1. The number of para-hydroxylation sites is 2. The van der Waals surface area contributed by atoms with Crippen LogP contribution >= 0.6 is 0 Å². The Hall–Kier alpha value is -3.80. The van der Waals surface area contributed by atoms with Crippen molar-refractivity contribution in [3.05, 3.63) is 89.0 Å². The Balaban J connectivity index is 1.34. The molecule has 1 fully saturated rings. The zero-order valence-electron chi connectivity index (χ0n) is 19.9. The molecule has 1 saturated heterocycles. The summed E-state index contributed by atoms with van der Waals surface area (Å²) < 4.78 is 6.23. The number of aryl methyl sites for hydroxylation is 2. The summed E-state index contributed by atoms with van der Waals surface area (Å²) in [5.74, 6) is 2.46. The number of hydrogen-bond donors (Lipinski definition) is 1. The molecule has 0 aromatic heterocycles. The van der Waals surface area contributed by atoms with Crippen LogP contribution in [-0.4, -0.2) is 47.3 Å². The summed E-state index contributed by atoms with van der Waals surface area (Å²) in [6, 6.07) is 22.3. The van der Waals surface area contributed by atoms with Gasteiger partial charge >= 0.3 is 6.03 Å². The van der Waals surface area contributed by atoms with Gasteiger partial charge in [-0.25, -0.2) is 9.79 Å². The molecule has 34 heavy (non-hydrogen) atoms. The molecule has 3 aromatic rings. The van der Waals surface area contributed by atoms with E-state index in [1.165, 1.54) is 5.56 Å². The molecule has 0 aliphatic carbocycles. The minimum atomic E-state index is -0.0265. The van der Waals surface area contributed by atoms with Gasteiger partial charge in [0, 0.05) is 32.2 Å². The van der Waals surface area contributed by atoms with Gasteiger partial charge in [-0.3, -0.25) is 0 Å². The molecule has 3 aromatic carbocycles. The summed E-state index contributed by atoms with van der Waals surface area (Å²) in [7, 11) is 0. The molecule has 1 N–H and O–H groups in total. The largest absolute Gasteiger partial charge is 0.454 e. The summed E-state index contributed by atoms with van der Waals surface area (Å²) in [6.45, 7) is 8.80. The summed E-state index contributed by atoms with van der Waals surface area (Å²) in [4.78, 5) is 22.2. The van der Waals surface area contributed by atoms with Crippen LogP contribution in [0.25, 0.3) is 0 Å². The van der Waals surface area contributed by atoms with Crippen LogP contribution in [0.15, 0.2) is 71.7 Å². The van der Waals surface area contributed by atoms with Crippen molar-refractivity contribution in [3.8, 4) is 11.5 Å². The van der Waals surface area contributed by atoms with E-state index in [0.717, 1.165) is 39.7 Å². The molecule has 1 unspecified atom stereocenters. The molecule has 2 amide bonds. The molecule has 5 rings (SSSR count). The van der Waals surface area contributed by atoms with Crippen LogP contribution < -0.4 is 10.1 Å². The summed E-state index contributed by atoms with van der Waals surface area (Å²) >= 11 is 0. The van der Waals surface area contributed by atoms with Gasteiger partial charge in [-0.2, -0.15) is 0 Å². The lowest BCUT2D eigenvalue weighted by molar-refractivity contribution is 0.134. The fraction of sp³-hybridized carbons (Fsp3) is 0.286. The molecule has 0 saturated carbocycles. The summed E-state index contributed by atoms with van der Waals surface area (Å²) in [5.41, 5.74) is 5.26. The van der Waals surface area contributed by atoms with Crippen LogP contribution in [0, 0.1) is 13.8 Å². The summed E-state index contributed by atoms with van der Waals surface area (Å²) in [6.07, 6.45) is 0. The van der Waals surface area contributed by atoms with E-state index in [2.05, 4.69) is 55.3 Å². The Bertz CT molecular complexity index is 1250. The molecule has 2 aliphatic rings. The van der Waals surface area contributed by atoms with Crippen LogP contribution in [0.3, 0.4) is 0 Å². The maximum absolute atomic E-state index is 13.0. The number of nitrogens with one attached hydrogen (secondary N) is 1. The van der Waals surface area contributed by atoms with Gasteiger partial charge in [0.05, 0.1) is 5.56 Å². The predicted octanol–water partition coefficient (Wildman–Crippen LogP) is 5.40. The van der Waals surface area contributed by atoms with Gasteiger partial charge in [0.1, 0.15) is 17.3 Å². The number of carbonyl (C=O) groups is 1. The lowest BCUT2D eigenvalue weighted by Crippen LogP contribution is -2.57. The topological polar surface area (TPSA) is 57.2 Å². The second kappa shape index (κ2) is 9.21. The van der Waals surface area contributed by atoms with Crippen LogP contribution in [0.1, 0.15) is 29.2 Å². The van der Waals surface area contributed by atoms with Gasteiger partial charge < -0.3 is 19.9 Å². The first-order valence-corrected chi connectivity index (χ1v) is 11.8. The third kappa shape index (κ3) is 4.49. The molecule has 2 heterocycles. The van der Waals surface area contributed by atoms with E-state index in [9.17, 15) is 4.79 Å². The molecule has 0 radical (unpaired) electrons. The van der Waals surface area contributed by atoms with Gasteiger partial charge in [-0.1, -0.05) is 53.6 Å². The second-order valence-corrected chi connectivity index (χ2v) is 9.14. The van der Waals surface area contributed by atoms with Crippen molar-refractivity contribution in [2.45, 2.75) is 33.4 Å². The van der Waals surface area contributed by atoms with Crippen LogP contribution in [-0.2, 0) is 6.54 Å². The Labute approximate surface area is 200 Å². The molecular formula is C28H30N4O2. The number of amidine groups is 1. The van der Waals surface area contributed by atoms with E-state index >= 15 is 0 Å². The van der Waals surface area contributed by atoms with Crippen LogP contribution in [0.4, 0.5) is 10.5 Å². The Morgan fingerprint density at radius 3 is 2.65 bits per heavy atom. The lowest BCUT2D eigenvalue weighted by Gasteiger charge is -2.41. The minimum absolute atomic E-state index is 0.0265. The Kier molecular flexibility index (Phi) is 5.97. The van der Waals surface area contributed by atoms with Crippen molar-refractivity contribution >= 4 is 17.6 Å². The smallest absolute Gasteiger partial charge is 0.318 e. The van der Waals surface area contributed by atoms with Crippen molar-refractivity contribution in [1.82, 2.24) is 15.1 Å². The standard InChI is InChI=1S/C28H30N4O2/c1-19-7-6-8-22(15-19)17-29-28(33)32-14-13-31(18-21(32)3)27-23-16-20(2)11-12-25(23)34-26-10-5-4-9-24(26)30-27/h4-12,15-16,21H,13-14,17-18H2,1-3H3,(H,29,33). The number of piperazine rings is 1. The number of urea groups is 1. The number of ether oxygens (including phenoxy) is 1. The van der Waals surface area contributed by atoms with Crippen molar-refractivity contribution < 1.29 is 9.53 Å². The van der Waals surface area contributed by atoms with Crippen LogP contribution in [0.5, 0.6) is 11.5 Å². The molecule has 2 aliphatic heterocycles. The van der Waals surface area contributed by atoms with E-state index in [4.69, 9.17) is 9.73 Å². The molecule has 6 nitrogen and oxygen atoms in total. The number of aliphatic imine (C=N–C) groups is 1. The average Bonchev–Trinajstić information content (AvgIpc) is 2.99. The first kappa shape index (κ1) is 22.0. The molecule has 174 valence electrons. The van der Waals surface area contributed by atoms with Gasteiger partial charge in [0.15, 0.2) is 5.75 Å². The average molecular weight is 455 g/mol. The zero-order valence-corrected chi connectivity index (χ0v) is 19.9.